The lowest BCUT2D eigenvalue weighted by Crippen LogP contribution is -2.45. The van der Waals surface area contributed by atoms with Gasteiger partial charge in [0.1, 0.15) is 0 Å². The topological polar surface area (TPSA) is 64.6 Å². The number of ether oxygens (including phenoxy) is 2. The van der Waals surface area contributed by atoms with Crippen molar-refractivity contribution in [2.45, 2.75) is 18.8 Å². The molecule has 0 saturated heterocycles. The summed E-state index contributed by atoms with van der Waals surface area (Å²) >= 11 is 0. The van der Waals surface area contributed by atoms with Gasteiger partial charge in [0.15, 0.2) is 6.10 Å². The van der Waals surface area contributed by atoms with Gasteiger partial charge >= 0.3 is 11.9 Å². The van der Waals surface area contributed by atoms with E-state index in [1.54, 1.807) is 6.20 Å². The average Bonchev–Trinajstić information content (AvgIpc) is 2.16. The van der Waals surface area contributed by atoms with Crippen LogP contribution in [0.3, 0.4) is 0 Å². The molecule has 2 unspecified atom stereocenters. The van der Waals surface area contributed by atoms with Crippen LogP contribution >= 0.6 is 0 Å². The van der Waals surface area contributed by atoms with Gasteiger partial charge in [0, 0.05) is 18.6 Å². The van der Waals surface area contributed by atoms with Crippen molar-refractivity contribution in [3.8, 4) is 0 Å². The first-order chi connectivity index (χ1) is 6.75. The molecule has 0 aromatic carbocycles. The van der Waals surface area contributed by atoms with Gasteiger partial charge in [-0.1, -0.05) is 6.08 Å². The number of carbonyl (C=O) groups is 2. The van der Waals surface area contributed by atoms with Gasteiger partial charge in [-0.25, -0.2) is 9.59 Å². The maximum absolute atomic E-state index is 11.1. The maximum Gasteiger partial charge on any atom is 0.333 e. The van der Waals surface area contributed by atoms with Crippen molar-refractivity contribution in [1.82, 2.24) is 5.32 Å². The molecule has 0 radical (unpaired) electrons. The Kier molecular flexibility index (Phi) is 2.22. The molecule has 2 heterocycles. The molecule has 0 aliphatic carbocycles. The van der Waals surface area contributed by atoms with E-state index in [1.807, 2.05) is 6.08 Å². The molecule has 74 valence electrons. The lowest BCUT2D eigenvalue weighted by atomic mass is 10.1. The third-order valence-corrected chi connectivity index (χ3v) is 1.95. The van der Waals surface area contributed by atoms with Crippen molar-refractivity contribution in [2.24, 2.45) is 0 Å². The van der Waals surface area contributed by atoms with Gasteiger partial charge in [-0.3, -0.25) is 0 Å². The predicted molar refractivity (Wildman–Crippen MR) is 45.8 cm³/mol. The first-order valence-corrected chi connectivity index (χ1v) is 4.26. The van der Waals surface area contributed by atoms with Crippen molar-refractivity contribution in [2.75, 3.05) is 0 Å². The smallest absolute Gasteiger partial charge is 0.333 e. The Morgan fingerprint density at radius 3 is 2.71 bits per heavy atom. The van der Waals surface area contributed by atoms with Crippen molar-refractivity contribution in [3.05, 3.63) is 24.4 Å². The highest BCUT2D eigenvalue weighted by molar-refractivity contribution is 5.92. The molecule has 0 amide bonds. The van der Waals surface area contributed by atoms with Crippen LogP contribution in [0, 0.1) is 0 Å². The molecule has 1 N–H and O–H groups in total. The predicted octanol–water partition coefficient (Wildman–Crippen LogP) is -0.156. The number of hydrogen-bond donors (Lipinski definition) is 1. The van der Waals surface area contributed by atoms with Gasteiger partial charge in [-0.15, -0.1) is 0 Å². The van der Waals surface area contributed by atoms with Crippen molar-refractivity contribution >= 4 is 11.9 Å². The molecule has 14 heavy (non-hydrogen) atoms. The van der Waals surface area contributed by atoms with Crippen LogP contribution in [0.25, 0.3) is 0 Å². The minimum atomic E-state index is -0.582. The molecule has 0 saturated carbocycles. The molecular formula is C9H9NO4. The zero-order chi connectivity index (χ0) is 9.97. The number of carbonyl (C=O) groups excluding carboxylic acids is 2. The van der Waals surface area contributed by atoms with Crippen LogP contribution in [0.1, 0.15) is 6.42 Å². The third-order valence-electron chi connectivity index (χ3n) is 1.95. The first-order valence-electron chi connectivity index (χ1n) is 4.26. The van der Waals surface area contributed by atoms with Gasteiger partial charge in [-0.2, -0.15) is 0 Å². The third kappa shape index (κ3) is 1.76. The number of rotatable bonds is 0. The molecule has 2 atom stereocenters. The summed E-state index contributed by atoms with van der Waals surface area (Å²) in [6, 6.07) is 0. The normalized spacial score (nSPS) is 32.9. The van der Waals surface area contributed by atoms with Crippen LogP contribution in [0.4, 0.5) is 0 Å². The Labute approximate surface area is 80.4 Å². The Hall–Kier alpha value is -1.78. The van der Waals surface area contributed by atoms with E-state index in [0.717, 1.165) is 12.2 Å². The largest absolute Gasteiger partial charge is 0.453 e. The summed E-state index contributed by atoms with van der Waals surface area (Å²) in [7, 11) is 0. The summed E-state index contributed by atoms with van der Waals surface area (Å²) < 4.78 is 10.0. The standard InChI is InChI=1S/C9H9NO4/c11-7-3-4-8(12)14-9-6(13-7)2-1-5-10-9/h1,3-6,9-10H,2H2/b4-3-. The van der Waals surface area contributed by atoms with E-state index in [4.69, 9.17) is 9.47 Å². The molecule has 0 aromatic rings. The van der Waals surface area contributed by atoms with Crippen LogP contribution in [0.15, 0.2) is 24.4 Å². The van der Waals surface area contributed by atoms with Crippen LogP contribution in [0.2, 0.25) is 0 Å². The Morgan fingerprint density at radius 2 is 1.93 bits per heavy atom. The summed E-state index contributed by atoms with van der Waals surface area (Å²) in [4.78, 5) is 22.1. The lowest BCUT2D eigenvalue weighted by Gasteiger charge is -2.29. The minimum absolute atomic E-state index is 0.443. The minimum Gasteiger partial charge on any atom is -0.453 e. The molecule has 2 aliphatic rings. The summed E-state index contributed by atoms with van der Waals surface area (Å²) in [6.07, 6.45) is 5.13. The van der Waals surface area contributed by atoms with E-state index < -0.39 is 24.3 Å². The monoisotopic (exact) mass is 195 g/mol. The molecule has 2 aliphatic heterocycles. The summed E-state index contributed by atoms with van der Waals surface area (Å²) in [5.41, 5.74) is 0. The van der Waals surface area contributed by atoms with E-state index >= 15 is 0 Å². The molecule has 5 heteroatoms. The Bertz CT molecular complexity index is 291. The zero-order valence-electron chi connectivity index (χ0n) is 7.30. The Balaban J connectivity index is 2.18. The second-order valence-corrected chi connectivity index (χ2v) is 2.97. The molecular weight excluding hydrogens is 186 g/mol. The molecule has 0 bridgehead atoms. The van der Waals surface area contributed by atoms with Crippen molar-refractivity contribution in [1.29, 1.82) is 0 Å². The van der Waals surface area contributed by atoms with Crippen LogP contribution in [-0.2, 0) is 19.1 Å². The summed E-state index contributed by atoms with van der Waals surface area (Å²) in [5, 5.41) is 2.81. The van der Waals surface area contributed by atoms with Gasteiger partial charge in [-0.05, 0) is 6.20 Å². The van der Waals surface area contributed by atoms with E-state index in [2.05, 4.69) is 5.32 Å². The number of nitrogens with one attached hydrogen (secondary N) is 1. The highest BCUT2D eigenvalue weighted by Crippen LogP contribution is 2.14. The number of esters is 2. The molecule has 5 nitrogen and oxygen atoms in total. The van der Waals surface area contributed by atoms with Crippen molar-refractivity contribution in [3.63, 3.8) is 0 Å². The summed E-state index contributed by atoms with van der Waals surface area (Å²) in [5.74, 6) is -1.06. The van der Waals surface area contributed by atoms with E-state index in [1.165, 1.54) is 0 Å². The van der Waals surface area contributed by atoms with E-state index in [0.29, 0.717) is 6.42 Å². The zero-order valence-corrected chi connectivity index (χ0v) is 7.30. The molecule has 0 spiro atoms. The number of fused-ring (bicyclic) bond motifs is 1. The highest BCUT2D eigenvalue weighted by atomic mass is 16.6. The first kappa shape index (κ1) is 8.80. The highest BCUT2D eigenvalue weighted by Gasteiger charge is 2.29. The van der Waals surface area contributed by atoms with E-state index in [9.17, 15) is 9.59 Å². The fourth-order valence-corrected chi connectivity index (χ4v) is 1.30. The maximum atomic E-state index is 11.1. The quantitative estimate of drug-likeness (QED) is 0.544. The lowest BCUT2D eigenvalue weighted by molar-refractivity contribution is -0.166. The fourth-order valence-electron chi connectivity index (χ4n) is 1.30. The molecule has 0 fully saturated rings. The second kappa shape index (κ2) is 3.53. The van der Waals surface area contributed by atoms with Gasteiger partial charge in [0.05, 0.1) is 0 Å². The second-order valence-electron chi connectivity index (χ2n) is 2.97. The fraction of sp³-hybridized carbons (Fsp3) is 0.333. The van der Waals surface area contributed by atoms with E-state index in [-0.39, 0.29) is 0 Å². The number of hydrogen-bond acceptors (Lipinski definition) is 5. The van der Waals surface area contributed by atoms with Crippen molar-refractivity contribution < 1.29 is 19.1 Å². The van der Waals surface area contributed by atoms with Crippen LogP contribution in [-0.4, -0.2) is 24.3 Å². The summed E-state index contributed by atoms with van der Waals surface area (Å²) in [6.45, 7) is 0. The molecule has 0 aromatic heterocycles. The Morgan fingerprint density at radius 1 is 1.21 bits per heavy atom. The van der Waals surface area contributed by atoms with Gasteiger partial charge in [0.25, 0.3) is 0 Å². The average molecular weight is 195 g/mol. The van der Waals surface area contributed by atoms with Gasteiger partial charge < -0.3 is 14.8 Å². The van der Waals surface area contributed by atoms with Gasteiger partial charge in [0.2, 0.25) is 6.23 Å². The van der Waals surface area contributed by atoms with Crippen LogP contribution < -0.4 is 5.32 Å². The SMILES string of the molecule is O=C1/C=C\C(=O)OC2NC=CCC2O1. The van der Waals surface area contributed by atoms with Crippen LogP contribution in [0.5, 0.6) is 0 Å². The molecule has 2 rings (SSSR count).